The van der Waals surface area contributed by atoms with Gasteiger partial charge in [0.1, 0.15) is 5.82 Å². The average Bonchev–Trinajstić information content (AvgIpc) is 3.03. The summed E-state index contributed by atoms with van der Waals surface area (Å²) >= 11 is 0. The first-order valence-corrected chi connectivity index (χ1v) is 8.23. The van der Waals surface area contributed by atoms with Crippen molar-refractivity contribution in [2.75, 3.05) is 25.1 Å². The van der Waals surface area contributed by atoms with Crippen molar-refractivity contribution in [3.05, 3.63) is 40.8 Å². The van der Waals surface area contributed by atoms with Crippen molar-refractivity contribution in [1.29, 1.82) is 0 Å². The lowest BCUT2D eigenvalue weighted by Gasteiger charge is -2.11. The van der Waals surface area contributed by atoms with Crippen LogP contribution in [0.2, 0.25) is 0 Å². The Morgan fingerprint density at radius 1 is 1.20 bits per heavy atom. The summed E-state index contributed by atoms with van der Waals surface area (Å²) < 4.78 is 23.7. The van der Waals surface area contributed by atoms with Crippen LogP contribution in [0.5, 0.6) is 0 Å². The molecular formula is C18H22FNO5. The number of hydrogen-bond donors (Lipinski definition) is 2. The molecule has 0 saturated heterocycles. The number of benzene rings is 1. The van der Waals surface area contributed by atoms with E-state index in [0.29, 0.717) is 24.1 Å². The number of anilines is 1. The molecule has 136 valence electrons. The van der Waals surface area contributed by atoms with Crippen molar-refractivity contribution in [2.45, 2.75) is 26.7 Å². The Kier molecular flexibility index (Phi) is 6.52. The molecule has 0 aromatic heterocycles. The molecule has 0 aliphatic heterocycles. The van der Waals surface area contributed by atoms with E-state index < -0.39 is 11.9 Å². The molecule has 25 heavy (non-hydrogen) atoms. The molecule has 1 aromatic rings. The Hall–Kier alpha value is -2.41. The second-order valence-electron chi connectivity index (χ2n) is 5.65. The summed E-state index contributed by atoms with van der Waals surface area (Å²) in [7, 11) is 0. The highest BCUT2D eigenvalue weighted by atomic mass is 19.1. The molecule has 1 atom stereocenters. The molecule has 1 aliphatic carbocycles. The van der Waals surface area contributed by atoms with Gasteiger partial charge in [-0.05, 0) is 55.9 Å². The Morgan fingerprint density at radius 3 is 2.36 bits per heavy atom. The number of aliphatic hydroxyl groups excluding tert-OH is 1. The fourth-order valence-corrected chi connectivity index (χ4v) is 2.80. The molecule has 7 heteroatoms. The van der Waals surface area contributed by atoms with Crippen molar-refractivity contribution in [1.82, 2.24) is 0 Å². The van der Waals surface area contributed by atoms with Crippen LogP contribution < -0.4 is 5.32 Å². The van der Waals surface area contributed by atoms with Crippen molar-refractivity contribution in [2.24, 2.45) is 5.92 Å². The number of fused-ring (bicyclic) bond motifs is 1. The van der Waals surface area contributed by atoms with Crippen LogP contribution in [0.15, 0.2) is 23.9 Å². The quantitative estimate of drug-likeness (QED) is 0.338. The van der Waals surface area contributed by atoms with Gasteiger partial charge in [-0.2, -0.15) is 0 Å². The Labute approximate surface area is 145 Å². The zero-order chi connectivity index (χ0) is 18.4. The third-order valence-electron chi connectivity index (χ3n) is 3.98. The van der Waals surface area contributed by atoms with Crippen LogP contribution >= 0.6 is 0 Å². The highest BCUT2D eigenvalue weighted by Gasteiger charge is 2.27. The van der Waals surface area contributed by atoms with Crippen molar-refractivity contribution >= 4 is 17.6 Å². The zero-order valence-electron chi connectivity index (χ0n) is 14.3. The van der Waals surface area contributed by atoms with E-state index in [9.17, 15) is 19.1 Å². The van der Waals surface area contributed by atoms with Gasteiger partial charge in [0.15, 0.2) is 5.57 Å². The first-order valence-electron chi connectivity index (χ1n) is 8.23. The molecule has 2 N–H and O–H groups in total. The van der Waals surface area contributed by atoms with Gasteiger partial charge in [0.2, 0.25) is 0 Å². The number of hydrogen-bond acceptors (Lipinski definition) is 6. The predicted molar refractivity (Wildman–Crippen MR) is 89.4 cm³/mol. The van der Waals surface area contributed by atoms with Gasteiger partial charge >= 0.3 is 11.9 Å². The van der Waals surface area contributed by atoms with Gasteiger partial charge in [0, 0.05) is 18.5 Å². The molecule has 2 rings (SSSR count). The molecular weight excluding hydrogens is 329 g/mol. The molecule has 0 amide bonds. The smallest absolute Gasteiger partial charge is 0.347 e. The maximum atomic E-state index is 14.0. The summed E-state index contributed by atoms with van der Waals surface area (Å²) in [5.74, 6) is -1.94. The number of esters is 2. The van der Waals surface area contributed by atoms with Gasteiger partial charge in [-0.15, -0.1) is 0 Å². The third-order valence-corrected chi connectivity index (χ3v) is 3.98. The van der Waals surface area contributed by atoms with E-state index in [1.807, 2.05) is 0 Å². The Balaban J connectivity index is 2.28. The van der Waals surface area contributed by atoms with Gasteiger partial charge in [0.05, 0.1) is 13.2 Å². The summed E-state index contributed by atoms with van der Waals surface area (Å²) in [6, 6.07) is 2.86. The topological polar surface area (TPSA) is 84.9 Å². The third kappa shape index (κ3) is 4.36. The maximum Gasteiger partial charge on any atom is 0.347 e. The molecule has 1 aromatic carbocycles. The molecule has 0 bridgehead atoms. The summed E-state index contributed by atoms with van der Waals surface area (Å²) in [4.78, 5) is 23.9. The van der Waals surface area contributed by atoms with Gasteiger partial charge < -0.3 is 19.9 Å². The van der Waals surface area contributed by atoms with Crippen molar-refractivity contribution < 1.29 is 28.6 Å². The number of nitrogens with one attached hydrogen (secondary N) is 1. The minimum absolute atomic E-state index is 0.0275. The first-order chi connectivity index (χ1) is 12.0. The molecule has 0 fully saturated rings. The molecule has 1 unspecified atom stereocenters. The second kappa shape index (κ2) is 8.62. The van der Waals surface area contributed by atoms with E-state index >= 15 is 0 Å². The minimum Gasteiger partial charge on any atom is -0.462 e. The van der Waals surface area contributed by atoms with E-state index in [-0.39, 0.29) is 37.1 Å². The van der Waals surface area contributed by atoms with Gasteiger partial charge in [0.25, 0.3) is 0 Å². The monoisotopic (exact) mass is 351 g/mol. The zero-order valence-corrected chi connectivity index (χ0v) is 14.3. The number of halogens is 1. The standard InChI is InChI=1S/C18H22FNO5/c1-3-24-17(22)14(18(23)25-4-2)9-20-16-6-5-15(19)12-7-11(10-21)8-13(12)16/h5-6,9,11,20-21H,3-4,7-8,10H2,1-2H3. The van der Waals surface area contributed by atoms with Crippen molar-refractivity contribution in [3.63, 3.8) is 0 Å². The number of aliphatic hydroxyl groups is 1. The lowest BCUT2D eigenvalue weighted by Crippen LogP contribution is -2.19. The van der Waals surface area contributed by atoms with Crippen LogP contribution in [0.25, 0.3) is 0 Å². The molecule has 1 aliphatic rings. The summed E-state index contributed by atoms with van der Waals surface area (Å²) in [5.41, 5.74) is 1.60. The average molecular weight is 351 g/mol. The SMILES string of the molecule is CCOC(=O)C(=CNc1ccc(F)c2c1CC(CO)C2)C(=O)OCC. The van der Waals surface area contributed by atoms with Gasteiger partial charge in [-0.1, -0.05) is 0 Å². The number of carbonyl (C=O) groups is 2. The van der Waals surface area contributed by atoms with E-state index in [1.165, 1.54) is 12.3 Å². The van der Waals surface area contributed by atoms with Crippen LogP contribution in [0.1, 0.15) is 25.0 Å². The van der Waals surface area contributed by atoms with Crippen LogP contribution in [0, 0.1) is 11.7 Å². The maximum absolute atomic E-state index is 14.0. The molecule has 0 heterocycles. The fourth-order valence-electron chi connectivity index (χ4n) is 2.80. The van der Waals surface area contributed by atoms with Gasteiger partial charge in [-0.25, -0.2) is 14.0 Å². The van der Waals surface area contributed by atoms with E-state index in [0.717, 1.165) is 5.56 Å². The molecule has 0 saturated carbocycles. The summed E-state index contributed by atoms with van der Waals surface area (Å²) in [6.45, 7) is 3.49. The minimum atomic E-state index is -0.791. The Morgan fingerprint density at radius 2 is 1.80 bits per heavy atom. The van der Waals surface area contributed by atoms with Crippen LogP contribution in [0.3, 0.4) is 0 Å². The normalized spacial score (nSPS) is 15.3. The molecule has 0 spiro atoms. The van der Waals surface area contributed by atoms with Crippen LogP contribution in [0.4, 0.5) is 10.1 Å². The van der Waals surface area contributed by atoms with E-state index in [1.54, 1.807) is 19.9 Å². The van der Waals surface area contributed by atoms with Crippen molar-refractivity contribution in [3.8, 4) is 0 Å². The van der Waals surface area contributed by atoms with Gasteiger partial charge in [-0.3, -0.25) is 0 Å². The predicted octanol–water partition coefficient (Wildman–Crippen LogP) is 1.95. The van der Waals surface area contributed by atoms with E-state index in [2.05, 4.69) is 5.32 Å². The van der Waals surface area contributed by atoms with E-state index in [4.69, 9.17) is 9.47 Å². The highest BCUT2D eigenvalue weighted by molar-refractivity contribution is 6.14. The van der Waals surface area contributed by atoms with Crippen LogP contribution in [-0.4, -0.2) is 36.9 Å². The summed E-state index contributed by atoms with van der Waals surface area (Å²) in [5, 5.41) is 12.2. The molecule has 6 nitrogen and oxygen atoms in total. The Bertz CT molecular complexity index is 666. The largest absolute Gasteiger partial charge is 0.462 e. The lowest BCUT2D eigenvalue weighted by atomic mass is 10.1. The highest BCUT2D eigenvalue weighted by Crippen LogP contribution is 2.34. The number of carbonyl (C=O) groups excluding carboxylic acids is 2. The lowest BCUT2D eigenvalue weighted by molar-refractivity contribution is -0.146. The number of ether oxygens (including phenoxy) is 2. The first kappa shape index (κ1) is 18.9. The number of rotatable bonds is 7. The fraction of sp³-hybridized carbons (Fsp3) is 0.444. The summed E-state index contributed by atoms with van der Waals surface area (Å²) in [6.07, 6.45) is 2.20. The second-order valence-corrected chi connectivity index (χ2v) is 5.65. The molecule has 0 radical (unpaired) electrons. The van der Waals surface area contributed by atoms with Crippen LogP contribution in [-0.2, 0) is 31.9 Å².